The number of benzene rings is 2. The molecule has 2 aromatic carbocycles. The van der Waals surface area contributed by atoms with E-state index in [1.165, 1.54) is 41.9 Å². The van der Waals surface area contributed by atoms with E-state index in [4.69, 9.17) is 9.47 Å². The first-order chi connectivity index (χ1) is 15.4. The van der Waals surface area contributed by atoms with Gasteiger partial charge in [-0.05, 0) is 37.3 Å². The minimum atomic E-state index is -0.496. The topological polar surface area (TPSA) is 113 Å². The molecule has 4 rings (SSSR count). The summed E-state index contributed by atoms with van der Waals surface area (Å²) in [7, 11) is 1.29. The fourth-order valence-electron chi connectivity index (χ4n) is 3.13. The fourth-order valence-corrected chi connectivity index (χ4v) is 5.12. The molecule has 0 radical (unpaired) electrons. The largest absolute Gasteiger partial charge is 0.494 e. The molecule has 0 atom stereocenters. The van der Waals surface area contributed by atoms with Gasteiger partial charge in [-0.2, -0.15) is 4.99 Å². The van der Waals surface area contributed by atoms with Gasteiger partial charge in [-0.3, -0.25) is 19.7 Å². The Labute approximate surface area is 189 Å². The van der Waals surface area contributed by atoms with Crippen LogP contribution < -0.4 is 9.54 Å². The first-order valence-electron chi connectivity index (χ1n) is 9.49. The maximum absolute atomic E-state index is 12.9. The third kappa shape index (κ3) is 4.25. The number of hydrogen-bond acceptors (Lipinski definition) is 8. The van der Waals surface area contributed by atoms with Crippen LogP contribution in [0.25, 0.3) is 20.3 Å². The molecule has 164 valence electrons. The molecule has 0 aliphatic heterocycles. The Morgan fingerprint density at radius 3 is 2.66 bits per heavy atom. The number of nitrogens with zero attached hydrogens (tertiary/aromatic N) is 3. The van der Waals surface area contributed by atoms with Gasteiger partial charge in [-0.15, -0.1) is 11.3 Å². The van der Waals surface area contributed by atoms with E-state index in [1.54, 1.807) is 22.8 Å². The van der Waals surface area contributed by atoms with Gasteiger partial charge in [0.15, 0.2) is 4.80 Å². The van der Waals surface area contributed by atoms with Gasteiger partial charge in [0.25, 0.3) is 11.6 Å². The molecule has 2 heterocycles. The number of non-ortho nitro benzene ring substituents is 1. The number of nitro benzene ring substituents is 1. The van der Waals surface area contributed by atoms with Crippen molar-refractivity contribution >= 4 is 60.5 Å². The third-order valence-corrected chi connectivity index (χ3v) is 6.74. The monoisotopic (exact) mass is 471 g/mol. The van der Waals surface area contributed by atoms with Crippen LogP contribution in [0.1, 0.15) is 16.6 Å². The zero-order valence-corrected chi connectivity index (χ0v) is 18.7. The molecule has 11 heteroatoms. The number of thiophene rings is 1. The van der Waals surface area contributed by atoms with E-state index in [0.29, 0.717) is 27.4 Å². The van der Waals surface area contributed by atoms with Gasteiger partial charge in [-0.25, -0.2) is 0 Å². The first-order valence-corrected chi connectivity index (χ1v) is 11.1. The number of hydrogen-bond donors (Lipinski definition) is 0. The van der Waals surface area contributed by atoms with Crippen molar-refractivity contribution in [1.29, 1.82) is 0 Å². The number of carbonyl (C=O) groups excluding carboxylic acids is 2. The number of esters is 1. The predicted octanol–water partition coefficient (Wildman–Crippen LogP) is 4.14. The summed E-state index contributed by atoms with van der Waals surface area (Å²) in [5, 5.41) is 11.6. The highest BCUT2D eigenvalue weighted by Crippen LogP contribution is 2.29. The molecule has 9 nitrogen and oxygen atoms in total. The van der Waals surface area contributed by atoms with E-state index in [1.807, 2.05) is 19.1 Å². The molecule has 0 N–H and O–H groups in total. The van der Waals surface area contributed by atoms with Crippen molar-refractivity contribution in [1.82, 2.24) is 4.57 Å². The van der Waals surface area contributed by atoms with E-state index >= 15 is 0 Å². The van der Waals surface area contributed by atoms with Crippen molar-refractivity contribution in [3.05, 3.63) is 62.3 Å². The van der Waals surface area contributed by atoms with E-state index in [9.17, 15) is 19.7 Å². The second-order valence-corrected chi connectivity index (χ2v) is 8.71. The van der Waals surface area contributed by atoms with Crippen LogP contribution in [-0.2, 0) is 16.1 Å². The zero-order chi connectivity index (χ0) is 22.8. The van der Waals surface area contributed by atoms with Crippen LogP contribution in [0.3, 0.4) is 0 Å². The Morgan fingerprint density at radius 2 is 1.94 bits per heavy atom. The van der Waals surface area contributed by atoms with Crippen molar-refractivity contribution in [2.24, 2.45) is 4.99 Å². The number of amides is 1. The van der Waals surface area contributed by atoms with Crippen LogP contribution in [0, 0.1) is 10.1 Å². The van der Waals surface area contributed by atoms with Crippen molar-refractivity contribution < 1.29 is 24.0 Å². The molecule has 2 aromatic heterocycles. The van der Waals surface area contributed by atoms with E-state index in [0.717, 1.165) is 14.9 Å². The lowest BCUT2D eigenvalue weighted by atomic mass is 10.2. The van der Waals surface area contributed by atoms with Gasteiger partial charge in [0, 0.05) is 22.2 Å². The van der Waals surface area contributed by atoms with Crippen LogP contribution in [-0.4, -0.2) is 35.1 Å². The molecule has 0 saturated heterocycles. The van der Waals surface area contributed by atoms with Gasteiger partial charge in [0.1, 0.15) is 12.3 Å². The number of aromatic nitrogens is 1. The van der Waals surface area contributed by atoms with Crippen molar-refractivity contribution in [2.45, 2.75) is 13.5 Å². The highest BCUT2D eigenvalue weighted by Gasteiger charge is 2.16. The lowest BCUT2D eigenvalue weighted by Gasteiger charge is -2.05. The lowest BCUT2D eigenvalue weighted by Crippen LogP contribution is -2.22. The summed E-state index contributed by atoms with van der Waals surface area (Å²) in [6.07, 6.45) is 0. The quantitative estimate of drug-likeness (QED) is 0.237. The SMILES string of the molecule is CCOc1ccc2c(c1)sc(=NC(=O)c1cc3cc([N+](=O)[O-])ccc3s1)n2CC(=O)OC. The summed E-state index contributed by atoms with van der Waals surface area (Å²) in [5.41, 5.74) is 0.680. The highest BCUT2D eigenvalue weighted by atomic mass is 32.1. The summed E-state index contributed by atoms with van der Waals surface area (Å²) in [4.78, 5) is 40.3. The van der Waals surface area contributed by atoms with Gasteiger partial charge >= 0.3 is 5.97 Å². The van der Waals surface area contributed by atoms with Crippen LogP contribution in [0.15, 0.2) is 47.5 Å². The molecule has 0 bridgehead atoms. The summed E-state index contributed by atoms with van der Waals surface area (Å²) in [6.45, 7) is 2.29. The lowest BCUT2D eigenvalue weighted by molar-refractivity contribution is -0.384. The van der Waals surface area contributed by atoms with Crippen LogP contribution in [0.5, 0.6) is 5.75 Å². The minimum Gasteiger partial charge on any atom is -0.494 e. The Bertz CT molecular complexity index is 1430. The highest BCUT2D eigenvalue weighted by molar-refractivity contribution is 7.21. The molecule has 0 saturated carbocycles. The second-order valence-electron chi connectivity index (χ2n) is 6.62. The molecule has 32 heavy (non-hydrogen) atoms. The number of carbonyl (C=O) groups is 2. The standard InChI is InChI=1S/C21H17N3O6S2/c1-3-30-14-5-6-15-17(10-14)32-21(23(15)11-19(25)29-2)22-20(26)18-9-12-8-13(24(27)28)4-7-16(12)31-18/h4-10H,3,11H2,1-2H3. The second kappa shape index (κ2) is 8.89. The normalized spacial score (nSPS) is 11.8. The predicted molar refractivity (Wildman–Crippen MR) is 121 cm³/mol. The van der Waals surface area contributed by atoms with Crippen LogP contribution in [0.4, 0.5) is 5.69 Å². The summed E-state index contributed by atoms with van der Waals surface area (Å²) in [6, 6.07) is 11.5. The average Bonchev–Trinajstić information content (AvgIpc) is 3.34. The summed E-state index contributed by atoms with van der Waals surface area (Å²) < 4.78 is 13.5. The van der Waals surface area contributed by atoms with E-state index in [-0.39, 0.29) is 12.2 Å². The third-order valence-electron chi connectivity index (χ3n) is 4.60. The molecule has 1 amide bonds. The number of rotatable bonds is 6. The van der Waals surface area contributed by atoms with Crippen molar-refractivity contribution in [3.8, 4) is 5.75 Å². The Hall–Kier alpha value is -3.57. The Kier molecular flexibility index (Phi) is 6.01. The van der Waals surface area contributed by atoms with Crippen molar-refractivity contribution in [3.63, 3.8) is 0 Å². The molecule has 0 aliphatic carbocycles. The molecule has 0 unspecified atom stereocenters. The van der Waals surface area contributed by atoms with Crippen molar-refractivity contribution in [2.75, 3.05) is 13.7 Å². The van der Waals surface area contributed by atoms with Gasteiger partial charge in [0.2, 0.25) is 0 Å². The van der Waals surface area contributed by atoms with Gasteiger partial charge in [0.05, 0.1) is 33.7 Å². The first kappa shape index (κ1) is 21.7. The van der Waals surface area contributed by atoms with E-state index in [2.05, 4.69) is 4.99 Å². The maximum atomic E-state index is 12.9. The molecular formula is C21H17N3O6S2. The number of methoxy groups -OCH3 is 1. The summed E-state index contributed by atoms with van der Waals surface area (Å²) >= 11 is 2.46. The van der Waals surface area contributed by atoms with E-state index < -0.39 is 16.8 Å². The van der Waals surface area contributed by atoms with Gasteiger partial charge < -0.3 is 14.0 Å². The molecule has 0 fully saturated rings. The average molecular weight is 472 g/mol. The molecule has 0 aliphatic rings. The molecule has 0 spiro atoms. The fraction of sp³-hybridized carbons (Fsp3) is 0.190. The number of nitro groups is 1. The number of thiazole rings is 1. The van der Waals surface area contributed by atoms with Gasteiger partial charge in [-0.1, -0.05) is 11.3 Å². The maximum Gasteiger partial charge on any atom is 0.325 e. The minimum absolute atomic E-state index is 0.0447. The number of ether oxygens (including phenoxy) is 2. The van der Waals surface area contributed by atoms with Crippen LogP contribution >= 0.6 is 22.7 Å². The Morgan fingerprint density at radius 1 is 1.12 bits per heavy atom. The smallest absolute Gasteiger partial charge is 0.325 e. The Balaban J connectivity index is 1.79. The number of fused-ring (bicyclic) bond motifs is 2. The molecular weight excluding hydrogens is 454 g/mol. The summed E-state index contributed by atoms with van der Waals surface area (Å²) in [5.74, 6) is -0.291. The van der Waals surface area contributed by atoms with Crippen LogP contribution in [0.2, 0.25) is 0 Å². The molecule has 4 aromatic rings. The zero-order valence-electron chi connectivity index (χ0n) is 17.1.